The predicted octanol–water partition coefficient (Wildman–Crippen LogP) is 5.06. The lowest BCUT2D eigenvalue weighted by Crippen LogP contribution is -2.49. The number of amides is 2. The van der Waals surface area contributed by atoms with Crippen molar-refractivity contribution < 1.29 is 32.7 Å². The van der Waals surface area contributed by atoms with Crippen LogP contribution in [0.5, 0.6) is 5.75 Å². The third-order valence-corrected chi connectivity index (χ3v) is 6.70. The summed E-state index contributed by atoms with van der Waals surface area (Å²) >= 11 is 6.50. The molecule has 1 saturated heterocycles. The first kappa shape index (κ1) is 27.9. The van der Waals surface area contributed by atoms with Crippen molar-refractivity contribution >= 4 is 29.0 Å². The Kier molecular flexibility index (Phi) is 9.30. The second kappa shape index (κ2) is 12.0. The quantitative estimate of drug-likeness (QED) is 0.460. The molecule has 198 valence electrons. The molecule has 36 heavy (non-hydrogen) atoms. The third-order valence-electron chi connectivity index (χ3n) is 6.36. The first-order chi connectivity index (χ1) is 17.0. The van der Waals surface area contributed by atoms with Gasteiger partial charge in [0.1, 0.15) is 5.75 Å². The zero-order chi connectivity index (χ0) is 26.5. The number of carbonyl (C=O) groups excluding carboxylic acids is 2. The fourth-order valence-corrected chi connectivity index (χ4v) is 4.97. The third kappa shape index (κ3) is 7.39. The number of alkyl halides is 3. The molecule has 1 aliphatic carbocycles. The summed E-state index contributed by atoms with van der Waals surface area (Å²) in [5.74, 6) is -0.874. The Morgan fingerprint density at radius 2 is 2.00 bits per heavy atom. The lowest BCUT2D eigenvalue weighted by molar-refractivity contribution is -0.274. The largest absolute Gasteiger partial charge is 0.573 e. The number of piperidine rings is 1. The van der Waals surface area contributed by atoms with Gasteiger partial charge in [0.2, 0.25) is 11.8 Å². The minimum atomic E-state index is -4.84. The number of nitrogens with one attached hydrogen (secondary N) is 1. The molecule has 2 amide bonds. The van der Waals surface area contributed by atoms with Crippen molar-refractivity contribution in [3.05, 3.63) is 46.6 Å². The molecule has 2 N–H and O–H groups in total. The van der Waals surface area contributed by atoms with Crippen LogP contribution in [0, 0.1) is 5.92 Å². The van der Waals surface area contributed by atoms with Crippen molar-refractivity contribution in [3.8, 4) is 5.75 Å². The number of halogens is 4. The summed E-state index contributed by atoms with van der Waals surface area (Å²) in [7, 11) is 0. The van der Waals surface area contributed by atoms with E-state index < -0.39 is 6.36 Å². The topological polar surface area (TPSA) is 82.1 Å². The smallest absolute Gasteiger partial charge is 0.405 e. The molecule has 1 heterocycles. The molecule has 1 aromatic carbocycles. The zero-order valence-electron chi connectivity index (χ0n) is 20.3. The van der Waals surface area contributed by atoms with Crippen molar-refractivity contribution in [1.29, 1.82) is 0 Å². The Morgan fingerprint density at radius 1 is 1.28 bits per heavy atom. The number of nitrogens with zero attached hydrogens (tertiary/aromatic N) is 2. The molecule has 1 aromatic rings. The van der Waals surface area contributed by atoms with E-state index in [0.29, 0.717) is 24.2 Å². The summed E-state index contributed by atoms with van der Waals surface area (Å²) in [6.07, 6.45) is -0.296. The van der Waals surface area contributed by atoms with E-state index in [4.69, 9.17) is 11.6 Å². The molecule has 1 aliphatic heterocycles. The zero-order valence-corrected chi connectivity index (χ0v) is 21.0. The average molecular weight is 530 g/mol. The summed E-state index contributed by atoms with van der Waals surface area (Å²) in [6.45, 7) is 4.25. The average Bonchev–Trinajstić information content (AvgIpc) is 2.79. The molecule has 7 nitrogen and oxygen atoms in total. The van der Waals surface area contributed by atoms with Crippen LogP contribution in [0.4, 0.5) is 13.2 Å². The highest BCUT2D eigenvalue weighted by atomic mass is 35.5. The number of allylic oxidation sites excluding steroid dienone is 4. The normalized spacial score (nSPS) is 20.6. The maximum atomic E-state index is 12.9. The van der Waals surface area contributed by atoms with E-state index in [1.165, 1.54) is 25.1 Å². The summed E-state index contributed by atoms with van der Waals surface area (Å²) in [5.41, 5.74) is 1.26. The van der Waals surface area contributed by atoms with Crippen molar-refractivity contribution in [2.24, 2.45) is 5.92 Å². The molecule has 2 unspecified atom stereocenters. The Morgan fingerprint density at radius 3 is 2.69 bits per heavy atom. The number of hydroxylamine groups is 2. The van der Waals surface area contributed by atoms with Crippen LogP contribution in [-0.4, -0.2) is 59.0 Å². The van der Waals surface area contributed by atoms with Gasteiger partial charge in [0.05, 0.1) is 12.6 Å². The van der Waals surface area contributed by atoms with Crippen LogP contribution in [0.25, 0.3) is 5.57 Å². The molecule has 3 rings (SSSR count). The van der Waals surface area contributed by atoms with Crippen molar-refractivity contribution in [2.75, 3.05) is 19.6 Å². The molecule has 11 heteroatoms. The van der Waals surface area contributed by atoms with Gasteiger partial charge < -0.3 is 15.0 Å². The van der Waals surface area contributed by atoms with Gasteiger partial charge in [-0.3, -0.25) is 19.9 Å². The predicted molar refractivity (Wildman–Crippen MR) is 129 cm³/mol. The summed E-state index contributed by atoms with van der Waals surface area (Å²) in [5, 5.41) is 14.9. The van der Waals surface area contributed by atoms with Gasteiger partial charge in [-0.05, 0) is 43.4 Å². The van der Waals surface area contributed by atoms with Gasteiger partial charge in [0, 0.05) is 48.6 Å². The van der Waals surface area contributed by atoms with Gasteiger partial charge in [0.15, 0.2) is 0 Å². The van der Waals surface area contributed by atoms with E-state index in [-0.39, 0.29) is 59.6 Å². The van der Waals surface area contributed by atoms with E-state index in [1.807, 2.05) is 6.92 Å². The lowest BCUT2D eigenvalue weighted by atomic mass is 9.87. The highest BCUT2D eigenvalue weighted by molar-refractivity contribution is 6.34. The molecule has 2 atom stereocenters. The molecule has 0 aromatic heterocycles. The summed E-state index contributed by atoms with van der Waals surface area (Å²) in [6, 6.07) is 5.61. The monoisotopic (exact) mass is 529 g/mol. The maximum absolute atomic E-state index is 12.9. The maximum Gasteiger partial charge on any atom is 0.573 e. The number of hydrogen-bond acceptors (Lipinski definition) is 5. The van der Waals surface area contributed by atoms with Crippen LogP contribution in [-0.2, 0) is 9.59 Å². The molecule has 2 aliphatic rings. The van der Waals surface area contributed by atoms with Gasteiger partial charge in [-0.2, -0.15) is 0 Å². The van der Waals surface area contributed by atoms with Gasteiger partial charge in [-0.1, -0.05) is 36.7 Å². The molecule has 1 fully saturated rings. The van der Waals surface area contributed by atoms with Crippen molar-refractivity contribution in [3.63, 3.8) is 0 Å². The molecular formula is C25H31ClF3N3O4. The summed E-state index contributed by atoms with van der Waals surface area (Å²) in [4.78, 5) is 25.6. The fraction of sp³-hybridized carbons (Fsp3) is 0.520. The van der Waals surface area contributed by atoms with Crippen molar-refractivity contribution in [1.82, 2.24) is 15.3 Å². The van der Waals surface area contributed by atoms with Crippen LogP contribution in [0.15, 0.2) is 41.1 Å². The van der Waals surface area contributed by atoms with Crippen LogP contribution >= 0.6 is 11.6 Å². The number of ether oxygens (including phenoxy) is 1. The van der Waals surface area contributed by atoms with Crippen LogP contribution in [0.3, 0.4) is 0 Å². The Balaban J connectivity index is 1.76. The Labute approximate surface area is 213 Å². The van der Waals surface area contributed by atoms with Gasteiger partial charge in [-0.15, -0.1) is 13.2 Å². The Hall–Kier alpha value is -2.72. The number of benzene rings is 1. The first-order valence-corrected chi connectivity index (χ1v) is 12.3. The van der Waals surface area contributed by atoms with Gasteiger partial charge in [0.25, 0.3) is 0 Å². The standard InChI is InChI=1S/C25H31ClF3N3O4/c1-16-13-20(19-8-3-4-9-23(19)36-25(27,28)29)21(26)14-22(16)32(35)15-18-7-5-6-12-31(18)24(34)10-11-30-17(2)33/h3-4,8-9,14,16,18,35H,5-7,10-13,15H2,1-2H3,(H,30,33). The number of rotatable bonds is 8. The molecule has 0 saturated carbocycles. The highest BCUT2D eigenvalue weighted by Crippen LogP contribution is 2.42. The Bertz CT molecular complexity index is 1030. The van der Waals surface area contributed by atoms with E-state index in [2.05, 4.69) is 10.1 Å². The number of para-hydroxylation sites is 1. The highest BCUT2D eigenvalue weighted by Gasteiger charge is 2.34. The fourth-order valence-electron chi connectivity index (χ4n) is 4.68. The minimum Gasteiger partial charge on any atom is -0.405 e. The number of hydrogen-bond donors (Lipinski definition) is 2. The van der Waals surface area contributed by atoms with Gasteiger partial charge in [-0.25, -0.2) is 0 Å². The van der Waals surface area contributed by atoms with Crippen LogP contribution in [0.1, 0.15) is 51.5 Å². The van der Waals surface area contributed by atoms with Crippen LogP contribution < -0.4 is 10.1 Å². The second-order valence-corrected chi connectivity index (χ2v) is 9.50. The first-order valence-electron chi connectivity index (χ1n) is 11.9. The SMILES string of the molecule is CC(=O)NCCC(=O)N1CCCCC1CN(O)C1=CC(Cl)=C(c2ccccc2OC(F)(F)F)CC1C. The van der Waals surface area contributed by atoms with E-state index in [9.17, 15) is 28.0 Å². The second-order valence-electron chi connectivity index (χ2n) is 9.10. The van der Waals surface area contributed by atoms with Crippen molar-refractivity contribution in [2.45, 2.75) is 58.4 Å². The van der Waals surface area contributed by atoms with Crippen LogP contribution in [0.2, 0.25) is 0 Å². The number of carbonyl (C=O) groups is 2. The molecular weight excluding hydrogens is 499 g/mol. The summed E-state index contributed by atoms with van der Waals surface area (Å²) < 4.78 is 42.8. The van der Waals surface area contributed by atoms with E-state index in [0.717, 1.165) is 24.3 Å². The minimum absolute atomic E-state index is 0.0889. The van der Waals surface area contributed by atoms with E-state index in [1.54, 1.807) is 17.0 Å². The molecule has 0 bridgehead atoms. The van der Waals surface area contributed by atoms with Gasteiger partial charge >= 0.3 is 6.36 Å². The lowest BCUT2D eigenvalue weighted by Gasteiger charge is -2.39. The number of likely N-dealkylation sites (tertiary alicyclic amines) is 1. The van der Waals surface area contributed by atoms with E-state index >= 15 is 0 Å². The molecule has 0 radical (unpaired) electrons. The molecule has 0 spiro atoms.